The van der Waals surface area contributed by atoms with Gasteiger partial charge in [0.2, 0.25) is 5.91 Å². The number of imidazole rings is 1. The molecule has 0 bridgehead atoms. The number of benzene rings is 1. The van der Waals surface area contributed by atoms with E-state index < -0.39 is 0 Å². The van der Waals surface area contributed by atoms with Gasteiger partial charge in [-0.25, -0.2) is 4.98 Å². The number of rotatable bonds is 5. The van der Waals surface area contributed by atoms with Crippen LogP contribution in [0.15, 0.2) is 47.0 Å². The van der Waals surface area contributed by atoms with Gasteiger partial charge in [-0.3, -0.25) is 14.2 Å². The molecule has 1 aromatic carbocycles. The number of nitrogens with zero attached hydrogens (tertiary/aromatic N) is 4. The lowest BCUT2D eigenvalue weighted by Crippen LogP contribution is -2.44. The number of hydrogen-bond acceptors (Lipinski definition) is 5. The molecule has 0 aliphatic carbocycles. The number of fused-ring (bicyclic) bond motifs is 1. The van der Waals surface area contributed by atoms with Crippen LogP contribution >= 0.6 is 11.3 Å². The number of hydrogen-bond donors (Lipinski definition) is 2. The Morgan fingerprint density at radius 1 is 1.46 bits per heavy atom. The number of guanidine groups is 1. The van der Waals surface area contributed by atoms with Crippen LogP contribution in [-0.2, 0) is 11.3 Å². The molecule has 8 nitrogen and oxygen atoms in total. The van der Waals surface area contributed by atoms with Crippen LogP contribution in [0.3, 0.4) is 0 Å². The minimum Gasteiger partial charge on any atom is -0.497 e. The van der Waals surface area contributed by atoms with Crippen LogP contribution in [0.4, 0.5) is 5.69 Å². The summed E-state index contributed by atoms with van der Waals surface area (Å²) in [5, 5.41) is 8.61. The lowest BCUT2D eigenvalue weighted by molar-refractivity contribution is -0.117. The van der Waals surface area contributed by atoms with Crippen molar-refractivity contribution in [3.8, 4) is 5.75 Å². The van der Waals surface area contributed by atoms with Crippen LogP contribution in [0, 0.1) is 0 Å². The van der Waals surface area contributed by atoms with Gasteiger partial charge in [0.25, 0.3) is 0 Å². The third-order valence-corrected chi connectivity index (χ3v) is 5.41. The summed E-state index contributed by atoms with van der Waals surface area (Å²) >= 11 is 1.60. The van der Waals surface area contributed by atoms with Gasteiger partial charge in [-0.05, 0) is 12.1 Å². The van der Waals surface area contributed by atoms with Crippen LogP contribution in [0.25, 0.3) is 4.96 Å². The minimum atomic E-state index is -0.0182. The Morgan fingerprint density at radius 2 is 2.36 bits per heavy atom. The van der Waals surface area contributed by atoms with Crippen LogP contribution < -0.4 is 20.3 Å². The first kappa shape index (κ1) is 18.3. The first-order chi connectivity index (χ1) is 13.7. The standard InChI is InChI=1S/C19H22N6O2S/c1-20-18(21-10-14-11-24-6-7-28-19(24)23-14)22-13-8-17(26)25(12-13)15-4-3-5-16(9-15)27-2/h3-7,9,11,13H,8,10,12H2,1-2H3,(H2,20,21,22). The van der Waals surface area contributed by atoms with E-state index in [0.717, 1.165) is 22.1 Å². The Morgan fingerprint density at radius 3 is 3.14 bits per heavy atom. The summed E-state index contributed by atoms with van der Waals surface area (Å²) in [4.78, 5) is 24.0. The van der Waals surface area contributed by atoms with Gasteiger partial charge in [-0.15, -0.1) is 11.3 Å². The number of nitrogens with one attached hydrogen (secondary N) is 2. The topological polar surface area (TPSA) is 83.3 Å². The van der Waals surface area contributed by atoms with Crippen molar-refractivity contribution in [2.75, 3.05) is 25.6 Å². The van der Waals surface area contributed by atoms with Crippen molar-refractivity contribution in [3.63, 3.8) is 0 Å². The van der Waals surface area contributed by atoms with Crippen molar-refractivity contribution >= 4 is 33.9 Å². The maximum Gasteiger partial charge on any atom is 0.229 e. The molecule has 9 heteroatoms. The number of methoxy groups -OCH3 is 1. The fourth-order valence-corrected chi connectivity index (χ4v) is 3.97. The molecule has 28 heavy (non-hydrogen) atoms. The highest BCUT2D eigenvalue weighted by Crippen LogP contribution is 2.25. The number of ether oxygens (including phenoxy) is 1. The van der Waals surface area contributed by atoms with E-state index in [4.69, 9.17) is 4.74 Å². The second kappa shape index (κ2) is 7.89. The number of thiazole rings is 1. The van der Waals surface area contributed by atoms with Crippen LogP contribution in [-0.4, -0.2) is 48.0 Å². The highest BCUT2D eigenvalue weighted by molar-refractivity contribution is 7.15. The molecule has 0 spiro atoms. The summed E-state index contributed by atoms with van der Waals surface area (Å²) in [7, 11) is 3.34. The quantitative estimate of drug-likeness (QED) is 0.506. The van der Waals surface area contributed by atoms with Crippen LogP contribution in [0.2, 0.25) is 0 Å². The van der Waals surface area contributed by atoms with Crippen molar-refractivity contribution in [2.24, 2.45) is 4.99 Å². The van der Waals surface area contributed by atoms with Gasteiger partial charge < -0.3 is 20.3 Å². The van der Waals surface area contributed by atoms with E-state index in [1.54, 1.807) is 30.4 Å². The Balaban J connectivity index is 1.36. The molecule has 146 valence electrons. The molecule has 1 aliphatic rings. The average molecular weight is 398 g/mol. The predicted molar refractivity (Wildman–Crippen MR) is 110 cm³/mol. The van der Waals surface area contributed by atoms with Gasteiger partial charge in [-0.1, -0.05) is 6.07 Å². The summed E-state index contributed by atoms with van der Waals surface area (Å²) in [6.07, 6.45) is 4.40. The van der Waals surface area contributed by atoms with Crippen molar-refractivity contribution in [3.05, 3.63) is 47.7 Å². The molecule has 0 saturated carbocycles. The van der Waals surface area contributed by atoms with Gasteiger partial charge in [0.15, 0.2) is 10.9 Å². The number of carbonyl (C=O) groups excluding carboxylic acids is 1. The molecule has 1 atom stereocenters. The summed E-state index contributed by atoms with van der Waals surface area (Å²) in [6, 6.07) is 7.53. The monoisotopic (exact) mass is 398 g/mol. The maximum atomic E-state index is 12.5. The number of aromatic nitrogens is 2. The summed E-state index contributed by atoms with van der Waals surface area (Å²) in [5.74, 6) is 1.47. The molecule has 1 fully saturated rings. The number of aliphatic imine (C=N–C) groups is 1. The average Bonchev–Trinajstić information content (AvgIpc) is 3.39. The van der Waals surface area contributed by atoms with Gasteiger partial charge >= 0.3 is 0 Å². The zero-order valence-electron chi connectivity index (χ0n) is 15.8. The highest BCUT2D eigenvalue weighted by Gasteiger charge is 2.31. The zero-order valence-corrected chi connectivity index (χ0v) is 16.6. The highest BCUT2D eigenvalue weighted by atomic mass is 32.1. The van der Waals surface area contributed by atoms with Crippen molar-refractivity contribution in [1.82, 2.24) is 20.0 Å². The Hall–Kier alpha value is -3.07. The Kier molecular flexibility index (Phi) is 5.16. The molecule has 4 rings (SSSR count). The van der Waals surface area contributed by atoms with Gasteiger partial charge in [0.05, 0.1) is 25.4 Å². The fraction of sp³-hybridized carbons (Fsp3) is 0.316. The van der Waals surface area contributed by atoms with Crippen LogP contribution in [0.1, 0.15) is 12.1 Å². The first-order valence-electron chi connectivity index (χ1n) is 8.99. The van der Waals surface area contributed by atoms with Crippen molar-refractivity contribution in [2.45, 2.75) is 19.0 Å². The van der Waals surface area contributed by atoms with Gasteiger partial charge in [0, 0.05) is 49.5 Å². The van der Waals surface area contributed by atoms with Crippen LogP contribution in [0.5, 0.6) is 5.75 Å². The number of anilines is 1. The molecule has 3 aromatic rings. The summed E-state index contributed by atoms with van der Waals surface area (Å²) in [5.41, 5.74) is 1.78. The second-order valence-electron chi connectivity index (χ2n) is 6.50. The van der Waals surface area contributed by atoms with E-state index in [0.29, 0.717) is 25.5 Å². The molecule has 1 amide bonds. The fourth-order valence-electron chi connectivity index (χ4n) is 3.26. The number of amides is 1. The predicted octanol–water partition coefficient (Wildman–Crippen LogP) is 1.87. The maximum absolute atomic E-state index is 12.5. The molecule has 3 heterocycles. The smallest absolute Gasteiger partial charge is 0.229 e. The third kappa shape index (κ3) is 3.79. The number of carbonyl (C=O) groups is 1. The largest absolute Gasteiger partial charge is 0.497 e. The summed E-state index contributed by atoms with van der Waals surface area (Å²) < 4.78 is 7.26. The molecule has 0 radical (unpaired) electrons. The SMILES string of the molecule is CN=C(NCc1cn2ccsc2n1)NC1CC(=O)N(c2cccc(OC)c2)C1. The third-order valence-electron chi connectivity index (χ3n) is 4.63. The van der Waals surface area contributed by atoms with E-state index >= 15 is 0 Å². The zero-order chi connectivity index (χ0) is 19.5. The Labute approximate surface area is 166 Å². The van der Waals surface area contributed by atoms with Gasteiger partial charge in [-0.2, -0.15) is 0 Å². The second-order valence-corrected chi connectivity index (χ2v) is 7.38. The van der Waals surface area contributed by atoms with Gasteiger partial charge in [0.1, 0.15) is 5.75 Å². The molecule has 2 N–H and O–H groups in total. The normalized spacial score (nSPS) is 17.4. The van der Waals surface area contributed by atoms with Crippen molar-refractivity contribution in [1.29, 1.82) is 0 Å². The molecular weight excluding hydrogens is 376 g/mol. The molecule has 1 saturated heterocycles. The van der Waals surface area contributed by atoms with E-state index in [1.165, 1.54) is 0 Å². The Bertz CT molecular complexity index is 982. The summed E-state index contributed by atoms with van der Waals surface area (Å²) in [6.45, 7) is 1.14. The molecular formula is C19H22N6O2S. The van der Waals surface area contributed by atoms with E-state index in [2.05, 4.69) is 20.6 Å². The minimum absolute atomic E-state index is 0.0182. The van der Waals surface area contributed by atoms with E-state index in [-0.39, 0.29) is 11.9 Å². The molecule has 1 unspecified atom stereocenters. The molecule has 2 aromatic heterocycles. The molecule has 1 aliphatic heterocycles. The van der Waals surface area contributed by atoms with Crippen molar-refractivity contribution < 1.29 is 9.53 Å². The van der Waals surface area contributed by atoms with E-state index in [9.17, 15) is 4.79 Å². The first-order valence-corrected chi connectivity index (χ1v) is 9.87. The lowest BCUT2D eigenvalue weighted by Gasteiger charge is -2.19. The van der Waals surface area contributed by atoms with E-state index in [1.807, 2.05) is 46.4 Å². The lowest BCUT2D eigenvalue weighted by atomic mass is 10.2.